The van der Waals surface area contributed by atoms with Gasteiger partial charge in [0.15, 0.2) is 4.34 Å². The molecule has 2 rings (SSSR count). The van der Waals surface area contributed by atoms with Gasteiger partial charge in [0.1, 0.15) is 0 Å². The molecule has 6 heteroatoms. The Balaban J connectivity index is 1.92. The molecule has 16 heavy (non-hydrogen) atoms. The van der Waals surface area contributed by atoms with Crippen molar-refractivity contribution in [1.82, 2.24) is 4.98 Å². The minimum Gasteiger partial charge on any atom is -0.481 e. The highest BCUT2D eigenvalue weighted by Gasteiger charge is 2.04. The number of carboxylic acid groups (broad SMARTS) is 1. The Morgan fingerprint density at radius 2 is 2.25 bits per heavy atom. The molecule has 0 aliphatic carbocycles. The van der Waals surface area contributed by atoms with Crippen LogP contribution in [0.3, 0.4) is 0 Å². The lowest BCUT2D eigenvalue weighted by atomic mass is 10.3. The van der Waals surface area contributed by atoms with Crippen molar-refractivity contribution >= 4 is 49.1 Å². The lowest BCUT2D eigenvalue weighted by Crippen LogP contribution is -1.94. The van der Waals surface area contributed by atoms with Gasteiger partial charge in [0.25, 0.3) is 0 Å². The molecule has 0 bridgehead atoms. The first-order valence-electron chi connectivity index (χ1n) is 4.62. The summed E-state index contributed by atoms with van der Waals surface area (Å²) < 4.78 is 2.15. The van der Waals surface area contributed by atoms with E-state index in [9.17, 15) is 4.79 Å². The number of rotatable bonds is 5. The van der Waals surface area contributed by atoms with Crippen molar-refractivity contribution in [2.24, 2.45) is 0 Å². The molecular weight excluding hydrogens is 262 g/mol. The van der Waals surface area contributed by atoms with Crippen molar-refractivity contribution in [3.63, 3.8) is 0 Å². The van der Waals surface area contributed by atoms with Crippen molar-refractivity contribution in [2.45, 2.75) is 10.8 Å². The Labute approximate surface area is 105 Å². The Morgan fingerprint density at radius 1 is 1.44 bits per heavy atom. The van der Waals surface area contributed by atoms with Crippen LogP contribution in [0.15, 0.2) is 28.6 Å². The summed E-state index contributed by atoms with van der Waals surface area (Å²) in [5.41, 5.74) is 1.01. The number of aliphatic carboxylic acids is 1. The summed E-state index contributed by atoms with van der Waals surface area (Å²) in [6, 6.07) is 7.98. The van der Waals surface area contributed by atoms with E-state index in [1.54, 1.807) is 22.1 Å². The fraction of sp³-hybridized carbons (Fsp3) is 0.200. The number of para-hydroxylation sites is 1. The molecule has 3 nitrogen and oxygen atoms in total. The maximum Gasteiger partial charge on any atom is 0.304 e. The van der Waals surface area contributed by atoms with Crippen LogP contribution in [0.2, 0.25) is 0 Å². The second kappa shape index (κ2) is 5.56. The highest BCUT2D eigenvalue weighted by atomic mass is 33.1. The maximum atomic E-state index is 10.3. The number of fused-ring (bicyclic) bond motifs is 1. The number of carboxylic acids is 1. The van der Waals surface area contributed by atoms with Crippen LogP contribution in [-0.4, -0.2) is 21.8 Å². The Hall–Kier alpha value is -0.720. The lowest BCUT2D eigenvalue weighted by Gasteiger charge is -1.93. The van der Waals surface area contributed by atoms with Gasteiger partial charge in [-0.05, 0) is 22.9 Å². The van der Waals surface area contributed by atoms with Gasteiger partial charge in [-0.3, -0.25) is 4.79 Å². The van der Waals surface area contributed by atoms with Crippen molar-refractivity contribution in [3.8, 4) is 0 Å². The summed E-state index contributed by atoms with van der Waals surface area (Å²) in [5, 5.41) is 8.49. The molecule has 1 aromatic carbocycles. The molecular formula is C10H9NO2S3. The summed E-state index contributed by atoms with van der Waals surface area (Å²) >= 11 is 1.64. The quantitative estimate of drug-likeness (QED) is 0.666. The molecule has 0 atom stereocenters. The number of thiazole rings is 1. The van der Waals surface area contributed by atoms with Crippen molar-refractivity contribution in [1.29, 1.82) is 0 Å². The molecule has 0 saturated heterocycles. The average Bonchev–Trinajstić information content (AvgIpc) is 2.66. The van der Waals surface area contributed by atoms with Gasteiger partial charge >= 0.3 is 5.97 Å². The van der Waals surface area contributed by atoms with E-state index in [4.69, 9.17) is 5.11 Å². The molecule has 0 radical (unpaired) electrons. The van der Waals surface area contributed by atoms with Gasteiger partial charge in [0, 0.05) is 5.75 Å². The number of benzene rings is 1. The molecule has 0 aliphatic rings. The summed E-state index contributed by atoms with van der Waals surface area (Å²) in [7, 11) is 3.08. The Kier molecular flexibility index (Phi) is 4.09. The number of hydrogen-bond donors (Lipinski definition) is 1. The first-order chi connectivity index (χ1) is 7.75. The molecule has 1 aromatic heterocycles. The largest absolute Gasteiger partial charge is 0.481 e. The zero-order valence-electron chi connectivity index (χ0n) is 8.25. The molecule has 0 fully saturated rings. The third kappa shape index (κ3) is 3.13. The van der Waals surface area contributed by atoms with Gasteiger partial charge in [0.2, 0.25) is 0 Å². The predicted octanol–water partition coefficient (Wildman–Crippen LogP) is 3.51. The van der Waals surface area contributed by atoms with Gasteiger partial charge in [0.05, 0.1) is 16.6 Å². The zero-order chi connectivity index (χ0) is 11.4. The standard InChI is InChI=1S/C10H9NO2S3/c12-9(13)5-6-14-16-10-11-7-3-1-2-4-8(7)15-10/h1-4H,5-6H2,(H,12,13). The minimum absolute atomic E-state index is 0.197. The molecule has 2 aromatic rings. The van der Waals surface area contributed by atoms with Gasteiger partial charge in [-0.25, -0.2) is 4.98 Å². The Bertz CT molecular complexity index is 465. The lowest BCUT2D eigenvalue weighted by molar-refractivity contribution is -0.136. The number of hydrogen-bond acceptors (Lipinski definition) is 5. The molecule has 0 aliphatic heterocycles. The monoisotopic (exact) mass is 271 g/mol. The second-order valence-electron chi connectivity index (χ2n) is 3.00. The van der Waals surface area contributed by atoms with Gasteiger partial charge in [-0.15, -0.1) is 11.3 Å². The van der Waals surface area contributed by atoms with E-state index in [-0.39, 0.29) is 6.42 Å². The Morgan fingerprint density at radius 3 is 3.00 bits per heavy atom. The topological polar surface area (TPSA) is 50.2 Å². The fourth-order valence-electron chi connectivity index (χ4n) is 1.11. The van der Waals surface area contributed by atoms with Gasteiger partial charge in [-0.2, -0.15) is 0 Å². The van der Waals surface area contributed by atoms with Crippen LogP contribution in [0.5, 0.6) is 0 Å². The summed E-state index contributed by atoms with van der Waals surface area (Å²) in [6.07, 6.45) is 0.197. The highest BCUT2D eigenvalue weighted by Crippen LogP contribution is 2.36. The SMILES string of the molecule is O=C(O)CCSSc1nc2ccccc2s1. The molecule has 0 unspecified atom stereocenters. The van der Waals surface area contributed by atoms with E-state index in [0.29, 0.717) is 5.75 Å². The summed E-state index contributed by atoms with van der Waals surface area (Å²) in [6.45, 7) is 0. The third-order valence-electron chi connectivity index (χ3n) is 1.80. The first-order valence-corrected chi connectivity index (χ1v) is 7.76. The van der Waals surface area contributed by atoms with Gasteiger partial charge in [-0.1, -0.05) is 22.9 Å². The fourth-order valence-corrected chi connectivity index (χ4v) is 4.44. The third-order valence-corrected chi connectivity index (χ3v) is 5.50. The molecule has 0 amide bonds. The van der Waals surface area contributed by atoms with Crippen molar-refractivity contribution < 1.29 is 9.90 Å². The summed E-state index contributed by atoms with van der Waals surface area (Å²) in [5.74, 6) is -0.145. The van der Waals surface area contributed by atoms with E-state index in [1.807, 2.05) is 24.3 Å². The van der Waals surface area contributed by atoms with Crippen LogP contribution in [0.4, 0.5) is 0 Å². The van der Waals surface area contributed by atoms with E-state index in [1.165, 1.54) is 15.5 Å². The normalized spacial score (nSPS) is 10.8. The van der Waals surface area contributed by atoms with Crippen molar-refractivity contribution in [2.75, 3.05) is 5.75 Å². The number of nitrogens with zero attached hydrogens (tertiary/aromatic N) is 1. The molecule has 84 valence electrons. The minimum atomic E-state index is -0.752. The molecule has 1 N–H and O–H groups in total. The zero-order valence-corrected chi connectivity index (χ0v) is 10.7. The highest BCUT2D eigenvalue weighted by molar-refractivity contribution is 8.77. The van der Waals surface area contributed by atoms with Crippen LogP contribution >= 0.6 is 32.9 Å². The van der Waals surface area contributed by atoms with Crippen LogP contribution < -0.4 is 0 Å². The van der Waals surface area contributed by atoms with Crippen LogP contribution in [0, 0.1) is 0 Å². The number of aromatic nitrogens is 1. The van der Waals surface area contributed by atoms with Crippen molar-refractivity contribution in [3.05, 3.63) is 24.3 Å². The van der Waals surface area contributed by atoms with E-state index in [2.05, 4.69) is 4.98 Å². The van der Waals surface area contributed by atoms with Crippen LogP contribution in [0.1, 0.15) is 6.42 Å². The molecule has 0 saturated carbocycles. The smallest absolute Gasteiger partial charge is 0.304 e. The first kappa shape index (κ1) is 11.8. The van der Waals surface area contributed by atoms with E-state index in [0.717, 1.165) is 9.86 Å². The van der Waals surface area contributed by atoms with Crippen LogP contribution in [0.25, 0.3) is 10.2 Å². The second-order valence-corrected chi connectivity index (χ2v) is 6.69. The maximum absolute atomic E-state index is 10.3. The molecule has 0 spiro atoms. The van der Waals surface area contributed by atoms with Crippen LogP contribution in [-0.2, 0) is 4.79 Å². The average molecular weight is 271 g/mol. The van der Waals surface area contributed by atoms with E-state index >= 15 is 0 Å². The number of carbonyl (C=O) groups is 1. The summed E-state index contributed by atoms with van der Waals surface area (Å²) in [4.78, 5) is 14.8. The predicted molar refractivity (Wildman–Crippen MR) is 70.2 cm³/mol. The molecule has 1 heterocycles. The van der Waals surface area contributed by atoms with E-state index < -0.39 is 5.97 Å². The van der Waals surface area contributed by atoms with Gasteiger partial charge < -0.3 is 5.11 Å².